The number of carbonyl (C=O) groups is 1. The Hall–Kier alpha value is -2.31. The number of benzene rings is 1. The third-order valence-corrected chi connectivity index (χ3v) is 4.08. The van der Waals surface area contributed by atoms with Crippen LogP contribution in [0.1, 0.15) is 22.5 Å². The molecule has 0 bridgehead atoms. The van der Waals surface area contributed by atoms with Crippen LogP contribution in [-0.4, -0.2) is 43.2 Å². The van der Waals surface area contributed by atoms with Crippen LogP contribution < -0.4 is 11.1 Å². The van der Waals surface area contributed by atoms with E-state index in [4.69, 9.17) is 14.9 Å². The summed E-state index contributed by atoms with van der Waals surface area (Å²) in [6.45, 7) is 3.81. The first kappa shape index (κ1) is 16.5. The summed E-state index contributed by atoms with van der Waals surface area (Å²) in [6, 6.07) is 10.9. The Morgan fingerprint density at radius 1 is 1.33 bits per heavy atom. The average molecular weight is 329 g/mol. The van der Waals surface area contributed by atoms with Gasteiger partial charge >= 0.3 is 0 Å². The zero-order valence-electron chi connectivity index (χ0n) is 13.6. The van der Waals surface area contributed by atoms with Crippen LogP contribution in [0.3, 0.4) is 0 Å². The standard InChI is InChI=1S/C18H23N3O3/c19-15-4-1-3-14(11-15)18(22)20-7-6-17-13-21(8-10-24-17)12-16-5-2-9-23-16/h1-5,9,11,17H,6-8,10,12-13,19H2,(H,20,22)/t17-/m1/s1. The van der Waals surface area contributed by atoms with E-state index in [-0.39, 0.29) is 12.0 Å². The number of carbonyl (C=O) groups excluding carboxylic acids is 1. The highest BCUT2D eigenvalue weighted by molar-refractivity contribution is 5.94. The van der Waals surface area contributed by atoms with Crippen molar-refractivity contribution in [2.45, 2.75) is 19.1 Å². The van der Waals surface area contributed by atoms with Crippen LogP contribution in [0.4, 0.5) is 5.69 Å². The minimum absolute atomic E-state index is 0.106. The van der Waals surface area contributed by atoms with Crippen LogP contribution in [-0.2, 0) is 11.3 Å². The van der Waals surface area contributed by atoms with Gasteiger partial charge in [-0.3, -0.25) is 9.69 Å². The molecule has 0 spiro atoms. The molecule has 0 aliphatic carbocycles. The molecule has 0 radical (unpaired) electrons. The topological polar surface area (TPSA) is 80.7 Å². The van der Waals surface area contributed by atoms with Gasteiger partial charge in [-0.2, -0.15) is 0 Å². The fourth-order valence-electron chi connectivity index (χ4n) is 2.85. The fourth-order valence-corrected chi connectivity index (χ4v) is 2.85. The normalized spacial score (nSPS) is 18.4. The van der Waals surface area contributed by atoms with E-state index in [9.17, 15) is 4.79 Å². The van der Waals surface area contributed by atoms with Crippen LogP contribution in [0.5, 0.6) is 0 Å². The van der Waals surface area contributed by atoms with E-state index >= 15 is 0 Å². The molecule has 1 saturated heterocycles. The SMILES string of the molecule is Nc1cccc(C(=O)NCC[C@@H]2CN(Cc3ccco3)CCO2)c1. The molecule has 1 aliphatic heterocycles. The van der Waals surface area contributed by atoms with E-state index in [2.05, 4.69) is 10.2 Å². The Labute approximate surface area is 141 Å². The zero-order chi connectivity index (χ0) is 16.8. The maximum atomic E-state index is 12.1. The maximum Gasteiger partial charge on any atom is 0.251 e. The second-order valence-electron chi connectivity index (χ2n) is 5.98. The van der Waals surface area contributed by atoms with Gasteiger partial charge in [-0.15, -0.1) is 0 Å². The predicted molar refractivity (Wildman–Crippen MR) is 91.5 cm³/mol. The number of furan rings is 1. The minimum atomic E-state index is -0.106. The number of anilines is 1. The molecule has 1 aliphatic rings. The van der Waals surface area contributed by atoms with Crippen molar-refractivity contribution in [2.24, 2.45) is 0 Å². The predicted octanol–water partition coefficient (Wildman–Crippen LogP) is 1.88. The van der Waals surface area contributed by atoms with E-state index < -0.39 is 0 Å². The number of nitrogens with zero attached hydrogens (tertiary/aromatic N) is 1. The fraction of sp³-hybridized carbons (Fsp3) is 0.389. The van der Waals surface area contributed by atoms with Crippen LogP contribution in [0, 0.1) is 0 Å². The van der Waals surface area contributed by atoms with Gasteiger partial charge in [0.1, 0.15) is 5.76 Å². The van der Waals surface area contributed by atoms with Gasteiger partial charge in [-0.05, 0) is 36.8 Å². The largest absolute Gasteiger partial charge is 0.468 e. The molecule has 2 aromatic rings. The van der Waals surface area contributed by atoms with E-state index in [1.165, 1.54) is 0 Å². The van der Waals surface area contributed by atoms with Gasteiger partial charge in [0.15, 0.2) is 0 Å². The highest BCUT2D eigenvalue weighted by atomic mass is 16.5. The number of nitrogen functional groups attached to an aromatic ring is 1. The number of hydrogen-bond acceptors (Lipinski definition) is 5. The van der Waals surface area contributed by atoms with Crippen molar-refractivity contribution in [3.05, 3.63) is 54.0 Å². The number of amides is 1. The molecule has 24 heavy (non-hydrogen) atoms. The maximum absolute atomic E-state index is 12.1. The summed E-state index contributed by atoms with van der Waals surface area (Å²) in [6.07, 6.45) is 2.59. The van der Waals surface area contributed by atoms with Gasteiger partial charge in [0, 0.05) is 30.9 Å². The molecule has 1 atom stereocenters. The summed E-state index contributed by atoms with van der Waals surface area (Å²) < 4.78 is 11.2. The van der Waals surface area contributed by atoms with Gasteiger partial charge in [-0.25, -0.2) is 0 Å². The second kappa shape index (κ2) is 7.99. The van der Waals surface area contributed by atoms with Crippen molar-refractivity contribution < 1.29 is 13.9 Å². The first-order chi connectivity index (χ1) is 11.7. The van der Waals surface area contributed by atoms with E-state index in [0.717, 1.165) is 31.8 Å². The molecular weight excluding hydrogens is 306 g/mol. The van der Waals surface area contributed by atoms with Gasteiger partial charge < -0.3 is 20.2 Å². The van der Waals surface area contributed by atoms with Gasteiger partial charge in [0.2, 0.25) is 0 Å². The third-order valence-electron chi connectivity index (χ3n) is 4.08. The number of hydrogen-bond donors (Lipinski definition) is 2. The number of nitrogens with one attached hydrogen (secondary N) is 1. The number of morpholine rings is 1. The Balaban J connectivity index is 1.42. The zero-order valence-corrected chi connectivity index (χ0v) is 13.6. The van der Waals surface area contributed by atoms with Crippen molar-refractivity contribution >= 4 is 11.6 Å². The smallest absolute Gasteiger partial charge is 0.251 e. The van der Waals surface area contributed by atoms with Crippen molar-refractivity contribution in [3.8, 4) is 0 Å². The van der Waals surface area contributed by atoms with E-state index in [0.29, 0.717) is 24.4 Å². The summed E-state index contributed by atoms with van der Waals surface area (Å²) in [5.74, 6) is 0.858. The Morgan fingerprint density at radius 3 is 3.04 bits per heavy atom. The summed E-state index contributed by atoms with van der Waals surface area (Å²) in [5.41, 5.74) is 6.87. The number of ether oxygens (including phenoxy) is 1. The number of nitrogens with two attached hydrogens (primary N) is 1. The van der Waals surface area contributed by atoms with Crippen LogP contribution >= 0.6 is 0 Å². The van der Waals surface area contributed by atoms with Crippen molar-refractivity contribution in [2.75, 3.05) is 32.0 Å². The first-order valence-corrected chi connectivity index (χ1v) is 8.21. The second-order valence-corrected chi connectivity index (χ2v) is 5.98. The lowest BCUT2D eigenvalue weighted by Crippen LogP contribution is -2.43. The molecule has 0 unspecified atom stereocenters. The molecule has 128 valence electrons. The van der Waals surface area contributed by atoms with Crippen LogP contribution in [0.15, 0.2) is 47.1 Å². The van der Waals surface area contributed by atoms with Crippen molar-refractivity contribution in [1.29, 1.82) is 0 Å². The summed E-state index contributed by atoms with van der Waals surface area (Å²) in [5, 5.41) is 2.92. The molecule has 3 rings (SSSR count). The van der Waals surface area contributed by atoms with Crippen LogP contribution in [0.2, 0.25) is 0 Å². The van der Waals surface area contributed by atoms with Crippen molar-refractivity contribution in [3.63, 3.8) is 0 Å². The first-order valence-electron chi connectivity index (χ1n) is 8.21. The lowest BCUT2D eigenvalue weighted by atomic mass is 10.1. The van der Waals surface area contributed by atoms with Crippen molar-refractivity contribution in [1.82, 2.24) is 10.2 Å². The molecular formula is C18H23N3O3. The van der Waals surface area contributed by atoms with E-state index in [1.807, 2.05) is 12.1 Å². The molecule has 1 aromatic heterocycles. The molecule has 1 amide bonds. The third kappa shape index (κ3) is 4.59. The minimum Gasteiger partial charge on any atom is -0.468 e. The average Bonchev–Trinajstić information content (AvgIpc) is 3.08. The molecule has 1 fully saturated rings. The monoisotopic (exact) mass is 329 g/mol. The lowest BCUT2D eigenvalue weighted by Gasteiger charge is -2.32. The Kier molecular flexibility index (Phi) is 5.51. The van der Waals surface area contributed by atoms with Gasteiger partial charge in [0.25, 0.3) is 5.91 Å². The Bertz CT molecular complexity index is 657. The summed E-state index contributed by atoms with van der Waals surface area (Å²) in [7, 11) is 0. The molecule has 0 saturated carbocycles. The van der Waals surface area contributed by atoms with Gasteiger partial charge in [0.05, 0.1) is 25.5 Å². The quantitative estimate of drug-likeness (QED) is 0.791. The molecule has 6 heteroatoms. The Morgan fingerprint density at radius 2 is 2.25 bits per heavy atom. The highest BCUT2D eigenvalue weighted by Crippen LogP contribution is 2.13. The highest BCUT2D eigenvalue weighted by Gasteiger charge is 2.21. The molecule has 6 nitrogen and oxygen atoms in total. The summed E-state index contributed by atoms with van der Waals surface area (Å²) >= 11 is 0. The molecule has 3 N–H and O–H groups in total. The van der Waals surface area contributed by atoms with Gasteiger partial charge in [-0.1, -0.05) is 6.07 Å². The van der Waals surface area contributed by atoms with E-state index in [1.54, 1.807) is 30.5 Å². The van der Waals surface area contributed by atoms with Crippen LogP contribution in [0.25, 0.3) is 0 Å². The summed E-state index contributed by atoms with van der Waals surface area (Å²) in [4.78, 5) is 14.4. The molecule has 1 aromatic carbocycles. The lowest BCUT2D eigenvalue weighted by molar-refractivity contribution is -0.0358. The number of rotatable bonds is 6. The molecule has 2 heterocycles.